The average molecular weight is 639 g/mol. The van der Waals surface area contributed by atoms with Gasteiger partial charge in [-0.1, -0.05) is 12.1 Å². The molecule has 3 amide bonds. The molecule has 2 aromatic heterocycles. The molecule has 0 aliphatic heterocycles. The lowest BCUT2D eigenvalue weighted by molar-refractivity contribution is 0.0560. The third-order valence-corrected chi connectivity index (χ3v) is 11.0. The third kappa shape index (κ3) is 7.65. The minimum atomic E-state index is -1.54. The van der Waals surface area contributed by atoms with Crippen molar-refractivity contribution in [2.75, 3.05) is 5.32 Å². The molecule has 3 aromatic rings. The highest BCUT2D eigenvalue weighted by molar-refractivity contribution is 7.83. The van der Waals surface area contributed by atoms with Crippen LogP contribution in [0.5, 0.6) is 0 Å². The maximum Gasteiger partial charge on any atom is 0.407 e. The number of carbonyl (C=O) groups is 2. The summed E-state index contributed by atoms with van der Waals surface area (Å²) in [4.78, 5) is 35.7. The average Bonchev–Trinajstić information content (AvgIpc) is 3.47. The Kier molecular flexibility index (Phi) is 9.43. The van der Waals surface area contributed by atoms with E-state index in [1.54, 1.807) is 23.6 Å². The van der Waals surface area contributed by atoms with Crippen LogP contribution < -0.4 is 20.7 Å². The number of benzene rings is 1. The fourth-order valence-electron chi connectivity index (χ4n) is 5.94. The third-order valence-electron chi connectivity index (χ3n) is 8.18. The quantitative estimate of drug-likeness (QED) is 0.214. The summed E-state index contributed by atoms with van der Waals surface area (Å²) >= 11 is 1.64. The predicted octanol–water partition coefficient (Wildman–Crippen LogP) is 6.42. The minimum absolute atomic E-state index is 0.0233. The van der Waals surface area contributed by atoms with Crippen molar-refractivity contribution in [2.24, 2.45) is 0 Å². The van der Waals surface area contributed by atoms with Crippen LogP contribution in [0.3, 0.4) is 0 Å². The maximum absolute atomic E-state index is 13.6. The molecule has 2 bridgehead atoms. The molecule has 1 atom stereocenters. The molecule has 1 unspecified atom stereocenters. The van der Waals surface area contributed by atoms with E-state index >= 15 is 0 Å². The van der Waals surface area contributed by atoms with E-state index in [1.807, 2.05) is 71.1 Å². The number of nitrogens with one attached hydrogen (secondary N) is 4. The molecule has 44 heavy (non-hydrogen) atoms. The van der Waals surface area contributed by atoms with Crippen molar-refractivity contribution in [2.45, 2.75) is 107 Å². The van der Waals surface area contributed by atoms with Crippen LogP contribution in [-0.2, 0) is 27.7 Å². The zero-order chi connectivity index (χ0) is 31.5. The molecule has 4 N–H and O–H groups in total. The summed E-state index contributed by atoms with van der Waals surface area (Å²) in [5.41, 5.74) is 1.48. The summed E-state index contributed by atoms with van der Waals surface area (Å²) in [6.07, 6.45) is 8.59. The molecule has 3 saturated carbocycles. The second kappa shape index (κ2) is 12.9. The van der Waals surface area contributed by atoms with Crippen LogP contribution >= 0.6 is 11.3 Å². The van der Waals surface area contributed by atoms with Crippen molar-refractivity contribution < 1.29 is 18.5 Å². The SMILES string of the molecule is CC(C)OC(=O)NC12CCC(c3ncc(-c4ccc(NC(=O)NCc5ccccn5)cc4S(=O)NC(C)(C)C)s3)(CC1)CC2. The lowest BCUT2D eigenvalue weighted by Crippen LogP contribution is -2.58. The molecule has 3 aliphatic carbocycles. The molecule has 10 nitrogen and oxygen atoms in total. The van der Waals surface area contributed by atoms with Crippen LogP contribution in [-0.4, -0.2) is 43.5 Å². The summed E-state index contributed by atoms with van der Waals surface area (Å²) in [5.74, 6) is 0. The van der Waals surface area contributed by atoms with Gasteiger partial charge in [0, 0.05) is 40.1 Å². The summed E-state index contributed by atoms with van der Waals surface area (Å²) < 4.78 is 22.2. The Morgan fingerprint density at radius 3 is 2.41 bits per heavy atom. The van der Waals surface area contributed by atoms with Gasteiger partial charge in [-0.15, -0.1) is 11.3 Å². The van der Waals surface area contributed by atoms with Crippen molar-refractivity contribution in [3.63, 3.8) is 0 Å². The van der Waals surface area contributed by atoms with Crippen molar-refractivity contribution in [3.8, 4) is 10.4 Å². The van der Waals surface area contributed by atoms with Crippen molar-refractivity contribution in [3.05, 3.63) is 59.5 Å². The minimum Gasteiger partial charge on any atom is -0.447 e. The van der Waals surface area contributed by atoms with E-state index in [2.05, 4.69) is 25.7 Å². The van der Waals surface area contributed by atoms with Crippen LogP contribution in [0.15, 0.2) is 53.7 Å². The summed E-state index contributed by atoms with van der Waals surface area (Å²) in [6, 6.07) is 10.6. The molecule has 0 radical (unpaired) electrons. The summed E-state index contributed by atoms with van der Waals surface area (Å²) in [5, 5.41) is 9.93. The number of nitrogens with zero attached hydrogens (tertiary/aromatic N) is 2. The van der Waals surface area contributed by atoms with Crippen LogP contribution in [0.1, 0.15) is 83.8 Å². The highest BCUT2D eigenvalue weighted by Gasteiger charge is 2.51. The van der Waals surface area contributed by atoms with Gasteiger partial charge >= 0.3 is 12.1 Å². The lowest BCUT2D eigenvalue weighted by Gasteiger charge is -2.52. The van der Waals surface area contributed by atoms with Crippen LogP contribution in [0.4, 0.5) is 15.3 Å². The van der Waals surface area contributed by atoms with Gasteiger partial charge in [0.05, 0.1) is 33.1 Å². The first-order chi connectivity index (χ1) is 20.9. The van der Waals surface area contributed by atoms with Crippen LogP contribution in [0, 0.1) is 0 Å². The second-order valence-electron chi connectivity index (χ2n) is 13.1. The van der Waals surface area contributed by atoms with Crippen molar-refractivity contribution >= 4 is 40.1 Å². The van der Waals surface area contributed by atoms with Gasteiger partial charge in [-0.05, 0) is 97.4 Å². The van der Waals surface area contributed by atoms with E-state index in [0.717, 1.165) is 59.7 Å². The number of amides is 3. The number of fused-ring (bicyclic) bond motifs is 3. The van der Waals surface area contributed by atoms with Gasteiger partial charge in [-0.3, -0.25) is 4.98 Å². The van der Waals surface area contributed by atoms with Crippen LogP contribution in [0.2, 0.25) is 0 Å². The fourth-order valence-corrected chi connectivity index (χ4v) is 8.51. The number of pyridine rings is 1. The van der Waals surface area contributed by atoms with E-state index in [0.29, 0.717) is 17.1 Å². The highest BCUT2D eigenvalue weighted by atomic mass is 32.2. The number of aromatic nitrogens is 2. The molecule has 6 rings (SSSR count). The molecule has 3 fully saturated rings. The first kappa shape index (κ1) is 32.1. The van der Waals surface area contributed by atoms with Gasteiger partial charge in [0.1, 0.15) is 11.0 Å². The molecular weight excluding hydrogens is 597 g/mol. The second-order valence-corrected chi connectivity index (χ2v) is 15.3. The number of anilines is 1. The zero-order valence-electron chi connectivity index (χ0n) is 26.0. The first-order valence-corrected chi connectivity index (χ1v) is 17.1. The number of hydrogen-bond acceptors (Lipinski definition) is 7. The smallest absolute Gasteiger partial charge is 0.407 e. The Morgan fingerprint density at radius 1 is 1.05 bits per heavy atom. The molecule has 12 heteroatoms. The molecular formula is C32H42N6O4S2. The van der Waals surface area contributed by atoms with Gasteiger partial charge in [-0.2, -0.15) is 0 Å². The molecule has 236 valence electrons. The number of rotatable bonds is 9. The fraction of sp³-hybridized carbons (Fsp3) is 0.500. The largest absolute Gasteiger partial charge is 0.447 e. The van der Waals surface area contributed by atoms with E-state index in [1.165, 1.54) is 0 Å². The number of urea groups is 1. The molecule has 1 aromatic carbocycles. The monoisotopic (exact) mass is 638 g/mol. The van der Waals surface area contributed by atoms with E-state index < -0.39 is 16.5 Å². The lowest BCUT2D eigenvalue weighted by atomic mass is 9.57. The number of thiazole rings is 1. The Morgan fingerprint density at radius 2 is 1.77 bits per heavy atom. The Labute approximate surface area is 265 Å². The van der Waals surface area contributed by atoms with Gasteiger partial charge in [0.25, 0.3) is 0 Å². The topological polar surface area (TPSA) is 134 Å². The maximum atomic E-state index is 13.6. The van der Waals surface area contributed by atoms with Gasteiger partial charge < -0.3 is 20.7 Å². The summed E-state index contributed by atoms with van der Waals surface area (Å²) in [6.45, 7) is 9.90. The summed E-state index contributed by atoms with van der Waals surface area (Å²) in [7, 11) is -1.54. The molecule has 3 aliphatic rings. The van der Waals surface area contributed by atoms with E-state index in [-0.39, 0.29) is 29.2 Å². The standard InChI is InChI=1S/C32H42N6O4S2/c1-21(2)42-29(40)37-32-14-11-31(12-15-32,13-16-32)27-34-20-25(43-27)24-10-9-22(18-26(24)44(41)38-30(3,4)5)36-28(39)35-19-23-8-6-7-17-33-23/h6-10,17-18,20-21,38H,11-16,19H2,1-5H3,(H,37,40)(H2,35,36,39). The highest BCUT2D eigenvalue weighted by Crippen LogP contribution is 2.55. The van der Waals surface area contributed by atoms with E-state index in [4.69, 9.17) is 9.72 Å². The Bertz CT molecular complexity index is 1490. The van der Waals surface area contributed by atoms with Crippen molar-refractivity contribution in [1.29, 1.82) is 0 Å². The van der Waals surface area contributed by atoms with Gasteiger partial charge in [0.2, 0.25) is 0 Å². The number of ether oxygens (including phenoxy) is 1. The number of carbonyl (C=O) groups excluding carboxylic acids is 2. The normalized spacial score (nSPS) is 22.0. The van der Waals surface area contributed by atoms with Gasteiger partial charge in [-0.25, -0.2) is 23.5 Å². The number of hydrogen-bond donors (Lipinski definition) is 4. The Balaban J connectivity index is 1.33. The molecule has 2 heterocycles. The van der Waals surface area contributed by atoms with Crippen LogP contribution in [0.25, 0.3) is 10.4 Å². The predicted molar refractivity (Wildman–Crippen MR) is 174 cm³/mol. The van der Waals surface area contributed by atoms with E-state index in [9.17, 15) is 13.8 Å². The molecule has 0 saturated heterocycles. The van der Waals surface area contributed by atoms with Gasteiger partial charge in [0.15, 0.2) is 0 Å². The zero-order valence-corrected chi connectivity index (χ0v) is 27.6. The molecule has 0 spiro atoms. The van der Waals surface area contributed by atoms with Crippen molar-refractivity contribution in [1.82, 2.24) is 25.3 Å². The first-order valence-electron chi connectivity index (χ1n) is 15.1. The Hall–Kier alpha value is -3.35. The number of alkyl carbamates (subject to hydrolysis) is 1.